The first-order valence-corrected chi connectivity index (χ1v) is 5.86. The van der Waals surface area contributed by atoms with Crippen molar-refractivity contribution in [1.29, 1.82) is 0 Å². The molecular formula is C11H7BrFN3O3. The summed E-state index contributed by atoms with van der Waals surface area (Å²) >= 11 is 3.18. The predicted octanol–water partition coefficient (Wildman–Crippen LogP) is 3.08. The third kappa shape index (κ3) is 2.97. The van der Waals surface area contributed by atoms with Crippen molar-refractivity contribution in [2.75, 3.05) is 5.32 Å². The van der Waals surface area contributed by atoms with Gasteiger partial charge in [-0.25, -0.2) is 0 Å². The summed E-state index contributed by atoms with van der Waals surface area (Å²) in [7, 11) is 0. The Kier molecular flexibility index (Phi) is 3.61. The number of carbonyl (C=O) groups excluding carboxylic acids is 1. The number of nitrogens with one attached hydrogen (secondary N) is 2. The summed E-state index contributed by atoms with van der Waals surface area (Å²) in [6, 6.07) is 4.69. The lowest BCUT2D eigenvalue weighted by Crippen LogP contribution is -2.12. The molecule has 0 aliphatic heterocycles. The predicted molar refractivity (Wildman–Crippen MR) is 69.5 cm³/mol. The number of hydrogen-bond donors (Lipinski definition) is 2. The smallest absolute Gasteiger partial charge is 0.306 e. The Morgan fingerprint density at radius 1 is 1.42 bits per heavy atom. The van der Waals surface area contributed by atoms with Crippen LogP contribution < -0.4 is 5.32 Å². The number of benzene rings is 1. The molecule has 0 aliphatic rings. The molecule has 0 spiro atoms. The van der Waals surface area contributed by atoms with Crippen LogP contribution in [0.25, 0.3) is 0 Å². The zero-order valence-electron chi connectivity index (χ0n) is 9.31. The van der Waals surface area contributed by atoms with Crippen LogP contribution in [-0.2, 0) is 0 Å². The average Bonchev–Trinajstić information content (AvgIpc) is 2.78. The van der Waals surface area contributed by atoms with Gasteiger partial charge >= 0.3 is 5.69 Å². The number of nitrogens with zero attached hydrogens (tertiary/aromatic N) is 1. The minimum Gasteiger partial charge on any atom is -0.356 e. The summed E-state index contributed by atoms with van der Waals surface area (Å²) in [4.78, 5) is 24.2. The van der Waals surface area contributed by atoms with E-state index in [0.717, 1.165) is 12.1 Å². The molecule has 0 bridgehead atoms. The minimum absolute atomic E-state index is 0.142. The number of nitro benzene ring substituents is 1. The van der Waals surface area contributed by atoms with Crippen molar-refractivity contribution in [3.63, 3.8) is 0 Å². The van der Waals surface area contributed by atoms with Gasteiger partial charge in [0.2, 0.25) is 5.82 Å². The molecule has 1 aromatic carbocycles. The van der Waals surface area contributed by atoms with Crippen molar-refractivity contribution in [2.45, 2.75) is 0 Å². The van der Waals surface area contributed by atoms with Crippen molar-refractivity contribution in [2.24, 2.45) is 0 Å². The summed E-state index contributed by atoms with van der Waals surface area (Å²) in [6.45, 7) is 0. The van der Waals surface area contributed by atoms with E-state index in [2.05, 4.69) is 26.2 Å². The molecule has 0 unspecified atom stereocenters. The number of carbonyl (C=O) groups is 1. The van der Waals surface area contributed by atoms with E-state index < -0.39 is 22.3 Å². The first-order chi connectivity index (χ1) is 8.97. The van der Waals surface area contributed by atoms with Gasteiger partial charge in [0.1, 0.15) is 5.69 Å². The van der Waals surface area contributed by atoms with E-state index in [-0.39, 0.29) is 11.4 Å². The van der Waals surface area contributed by atoms with Crippen molar-refractivity contribution in [1.82, 2.24) is 4.98 Å². The van der Waals surface area contributed by atoms with Gasteiger partial charge in [-0.15, -0.1) is 0 Å². The summed E-state index contributed by atoms with van der Waals surface area (Å²) < 4.78 is 13.8. The highest BCUT2D eigenvalue weighted by molar-refractivity contribution is 9.10. The molecule has 1 amide bonds. The van der Waals surface area contributed by atoms with E-state index in [1.165, 1.54) is 6.07 Å². The maximum absolute atomic E-state index is 13.1. The van der Waals surface area contributed by atoms with Crippen molar-refractivity contribution < 1.29 is 14.1 Å². The van der Waals surface area contributed by atoms with Gasteiger partial charge < -0.3 is 10.3 Å². The van der Waals surface area contributed by atoms with Crippen molar-refractivity contribution in [3.8, 4) is 0 Å². The van der Waals surface area contributed by atoms with Gasteiger partial charge in [0.25, 0.3) is 5.91 Å². The Morgan fingerprint density at radius 3 is 2.74 bits per heavy atom. The van der Waals surface area contributed by atoms with Crippen LogP contribution in [0.5, 0.6) is 0 Å². The maximum Gasteiger partial charge on any atom is 0.306 e. The van der Waals surface area contributed by atoms with Crippen LogP contribution in [0.2, 0.25) is 0 Å². The minimum atomic E-state index is -0.953. The molecule has 0 saturated heterocycles. The lowest BCUT2D eigenvalue weighted by Gasteiger charge is -2.03. The van der Waals surface area contributed by atoms with E-state index in [0.29, 0.717) is 4.47 Å². The summed E-state index contributed by atoms with van der Waals surface area (Å²) in [5.74, 6) is -1.43. The summed E-state index contributed by atoms with van der Waals surface area (Å²) in [5.41, 5.74) is -0.270. The van der Waals surface area contributed by atoms with E-state index in [9.17, 15) is 19.3 Å². The fraction of sp³-hybridized carbons (Fsp3) is 0. The molecule has 0 radical (unpaired) electrons. The molecule has 98 valence electrons. The molecule has 2 N–H and O–H groups in total. The monoisotopic (exact) mass is 327 g/mol. The second-order valence-corrected chi connectivity index (χ2v) is 4.52. The SMILES string of the molecule is O=C(Nc1ccc(F)c([N+](=O)[O-])c1)c1cc(Br)c[nH]1. The average molecular weight is 328 g/mol. The van der Waals surface area contributed by atoms with Crippen LogP contribution in [0, 0.1) is 15.9 Å². The van der Waals surface area contributed by atoms with Gasteiger partial charge in [-0.2, -0.15) is 4.39 Å². The zero-order valence-corrected chi connectivity index (χ0v) is 10.9. The first-order valence-electron chi connectivity index (χ1n) is 5.06. The molecular weight excluding hydrogens is 321 g/mol. The van der Waals surface area contributed by atoms with Crippen LogP contribution in [0.15, 0.2) is 34.9 Å². The number of hydrogen-bond acceptors (Lipinski definition) is 3. The van der Waals surface area contributed by atoms with Gasteiger partial charge in [-0.05, 0) is 34.1 Å². The van der Waals surface area contributed by atoms with E-state index in [4.69, 9.17) is 0 Å². The van der Waals surface area contributed by atoms with Gasteiger partial charge in [-0.3, -0.25) is 14.9 Å². The highest BCUT2D eigenvalue weighted by Gasteiger charge is 2.16. The van der Waals surface area contributed by atoms with Gasteiger partial charge in [0, 0.05) is 22.4 Å². The number of nitro groups is 1. The fourth-order valence-corrected chi connectivity index (χ4v) is 1.77. The van der Waals surface area contributed by atoms with Crippen LogP contribution >= 0.6 is 15.9 Å². The third-order valence-electron chi connectivity index (χ3n) is 2.29. The van der Waals surface area contributed by atoms with Gasteiger partial charge in [0.05, 0.1) is 4.92 Å². The fourth-order valence-electron chi connectivity index (χ4n) is 1.43. The number of aromatic amines is 1. The van der Waals surface area contributed by atoms with Crippen LogP contribution in [0.4, 0.5) is 15.8 Å². The van der Waals surface area contributed by atoms with Gasteiger partial charge in [0.15, 0.2) is 0 Å². The van der Waals surface area contributed by atoms with Crippen LogP contribution in [0.1, 0.15) is 10.5 Å². The van der Waals surface area contributed by atoms with E-state index in [1.807, 2.05) is 0 Å². The lowest BCUT2D eigenvalue weighted by molar-refractivity contribution is -0.387. The maximum atomic E-state index is 13.1. The molecule has 0 atom stereocenters. The number of aromatic nitrogens is 1. The Labute approximate surface area is 114 Å². The first kappa shape index (κ1) is 13.2. The van der Waals surface area contributed by atoms with Crippen LogP contribution in [0.3, 0.4) is 0 Å². The van der Waals surface area contributed by atoms with Crippen molar-refractivity contribution >= 4 is 33.2 Å². The molecule has 2 aromatic rings. The lowest BCUT2D eigenvalue weighted by atomic mass is 10.2. The second-order valence-electron chi connectivity index (χ2n) is 3.61. The Morgan fingerprint density at radius 2 is 2.16 bits per heavy atom. The molecule has 0 fully saturated rings. The molecule has 0 saturated carbocycles. The quantitative estimate of drug-likeness (QED) is 0.670. The Bertz CT molecular complexity index is 656. The standard InChI is InChI=1S/C11H7BrFN3O3/c12-6-3-9(14-5-6)11(17)15-7-1-2-8(13)10(4-7)16(18)19/h1-5,14H,(H,15,17). The normalized spacial score (nSPS) is 10.2. The number of anilines is 1. The molecule has 0 aliphatic carbocycles. The molecule has 1 heterocycles. The number of rotatable bonds is 3. The molecule has 1 aromatic heterocycles. The molecule has 8 heteroatoms. The number of halogens is 2. The largest absolute Gasteiger partial charge is 0.356 e. The van der Waals surface area contributed by atoms with Gasteiger partial charge in [-0.1, -0.05) is 0 Å². The highest BCUT2D eigenvalue weighted by Crippen LogP contribution is 2.22. The topological polar surface area (TPSA) is 88.0 Å². The summed E-state index contributed by atoms with van der Waals surface area (Å²) in [6.07, 6.45) is 1.57. The highest BCUT2D eigenvalue weighted by atomic mass is 79.9. The van der Waals surface area contributed by atoms with E-state index >= 15 is 0 Å². The zero-order chi connectivity index (χ0) is 14.0. The Balaban J connectivity index is 2.22. The molecule has 6 nitrogen and oxygen atoms in total. The second kappa shape index (κ2) is 5.19. The Hall–Kier alpha value is -2.22. The van der Waals surface area contributed by atoms with E-state index in [1.54, 1.807) is 12.3 Å². The van der Waals surface area contributed by atoms with Crippen molar-refractivity contribution in [3.05, 3.63) is 56.6 Å². The summed E-state index contributed by atoms with van der Waals surface area (Å²) in [5, 5.41) is 13.0. The molecule has 19 heavy (non-hydrogen) atoms. The number of amides is 1. The van der Waals surface area contributed by atoms with Crippen LogP contribution in [-0.4, -0.2) is 15.8 Å². The molecule has 2 rings (SSSR count). The number of H-pyrrole nitrogens is 1. The third-order valence-corrected chi connectivity index (χ3v) is 2.75.